The van der Waals surface area contributed by atoms with Crippen LogP contribution in [0.5, 0.6) is 0 Å². The Balaban J connectivity index is 2.21. The number of carboxylic acid groups (broad SMARTS) is 1. The molecule has 1 N–H and O–H groups in total. The number of aliphatic carboxylic acids is 1. The molecule has 0 aliphatic heterocycles. The summed E-state index contributed by atoms with van der Waals surface area (Å²) in [6.07, 6.45) is 1.95. The first-order valence-electron chi connectivity index (χ1n) is 5.93. The van der Waals surface area contributed by atoms with Gasteiger partial charge in [-0.25, -0.2) is 4.39 Å². The summed E-state index contributed by atoms with van der Waals surface area (Å²) in [6.45, 7) is -0.0849. The Morgan fingerprint density at radius 2 is 2.11 bits per heavy atom. The van der Waals surface area contributed by atoms with Crippen LogP contribution >= 0.6 is 11.6 Å². The molecule has 0 atom stereocenters. The van der Waals surface area contributed by atoms with Gasteiger partial charge in [0.05, 0.1) is 5.56 Å². The van der Waals surface area contributed by atoms with Crippen LogP contribution in [0.2, 0.25) is 5.02 Å². The van der Waals surface area contributed by atoms with Gasteiger partial charge in [0.25, 0.3) is 5.91 Å². The van der Waals surface area contributed by atoms with Gasteiger partial charge in [-0.15, -0.1) is 0 Å². The van der Waals surface area contributed by atoms with Crippen LogP contribution in [-0.2, 0) is 4.79 Å². The second-order valence-corrected chi connectivity index (χ2v) is 5.08. The van der Waals surface area contributed by atoms with E-state index in [0.717, 1.165) is 23.8 Å². The summed E-state index contributed by atoms with van der Waals surface area (Å²) in [5, 5.41) is 9.07. The lowest BCUT2D eigenvalue weighted by molar-refractivity contribution is -0.137. The summed E-state index contributed by atoms with van der Waals surface area (Å²) in [6, 6.07) is 3.67. The average molecular weight is 286 g/mol. The molecule has 0 bridgehead atoms. The predicted octanol–water partition coefficient (Wildman–Crippen LogP) is 2.42. The fourth-order valence-corrected chi connectivity index (χ4v) is 2.00. The number of halogens is 2. The Morgan fingerprint density at radius 1 is 1.42 bits per heavy atom. The Morgan fingerprint density at radius 3 is 2.68 bits per heavy atom. The molecular weight excluding hydrogens is 273 g/mol. The Bertz CT molecular complexity index is 517. The minimum absolute atomic E-state index is 0.186. The number of carbonyl (C=O) groups is 2. The van der Waals surface area contributed by atoms with E-state index < -0.39 is 24.2 Å². The number of hydrogen-bond donors (Lipinski definition) is 1. The lowest BCUT2D eigenvalue weighted by atomic mass is 10.1. The van der Waals surface area contributed by atoms with E-state index in [1.54, 1.807) is 0 Å². The van der Waals surface area contributed by atoms with E-state index in [-0.39, 0.29) is 10.6 Å². The van der Waals surface area contributed by atoms with Crippen molar-refractivity contribution in [2.75, 3.05) is 13.1 Å². The monoisotopic (exact) mass is 285 g/mol. The molecular formula is C13H13ClFNO3. The maximum atomic E-state index is 13.6. The topological polar surface area (TPSA) is 57.6 Å². The van der Waals surface area contributed by atoms with Crippen molar-refractivity contribution in [3.8, 4) is 0 Å². The first-order chi connectivity index (χ1) is 8.97. The zero-order valence-electron chi connectivity index (χ0n) is 10.1. The van der Waals surface area contributed by atoms with E-state index in [9.17, 15) is 14.0 Å². The largest absolute Gasteiger partial charge is 0.480 e. The Labute approximate surface area is 114 Å². The number of carboxylic acids is 1. The molecule has 0 aromatic heterocycles. The lowest BCUT2D eigenvalue weighted by Gasteiger charge is -2.20. The summed E-state index contributed by atoms with van der Waals surface area (Å²) < 4.78 is 13.6. The lowest BCUT2D eigenvalue weighted by Crippen LogP contribution is -2.37. The third-order valence-corrected chi connectivity index (χ3v) is 3.18. The van der Waals surface area contributed by atoms with Crippen molar-refractivity contribution in [1.29, 1.82) is 0 Å². The molecule has 0 spiro atoms. The van der Waals surface area contributed by atoms with Gasteiger partial charge in [-0.2, -0.15) is 0 Å². The van der Waals surface area contributed by atoms with Crippen molar-refractivity contribution in [2.24, 2.45) is 5.92 Å². The van der Waals surface area contributed by atoms with Gasteiger partial charge in [0.1, 0.15) is 12.4 Å². The minimum atomic E-state index is -1.11. The molecule has 1 aliphatic carbocycles. The van der Waals surface area contributed by atoms with Crippen molar-refractivity contribution in [2.45, 2.75) is 12.8 Å². The summed E-state index contributed by atoms with van der Waals surface area (Å²) in [5.41, 5.74) is -0.186. The van der Waals surface area contributed by atoms with Crippen LogP contribution in [-0.4, -0.2) is 35.0 Å². The van der Waals surface area contributed by atoms with Crippen LogP contribution in [0.1, 0.15) is 23.2 Å². The van der Waals surface area contributed by atoms with Gasteiger partial charge in [0, 0.05) is 11.6 Å². The molecule has 1 aromatic carbocycles. The molecule has 0 saturated heterocycles. The highest BCUT2D eigenvalue weighted by atomic mass is 35.5. The maximum absolute atomic E-state index is 13.6. The summed E-state index contributed by atoms with van der Waals surface area (Å²) in [5.74, 6) is -2.11. The molecule has 1 fully saturated rings. The molecule has 6 heteroatoms. The van der Waals surface area contributed by atoms with Crippen molar-refractivity contribution in [3.05, 3.63) is 34.6 Å². The van der Waals surface area contributed by atoms with E-state index >= 15 is 0 Å². The van der Waals surface area contributed by atoms with Crippen LogP contribution in [0.4, 0.5) is 4.39 Å². The van der Waals surface area contributed by atoms with Crippen LogP contribution in [0, 0.1) is 11.7 Å². The minimum Gasteiger partial charge on any atom is -0.480 e. The fourth-order valence-electron chi connectivity index (χ4n) is 1.83. The zero-order chi connectivity index (χ0) is 14.0. The van der Waals surface area contributed by atoms with Gasteiger partial charge >= 0.3 is 5.97 Å². The number of amides is 1. The fraction of sp³-hybridized carbons (Fsp3) is 0.385. The van der Waals surface area contributed by atoms with E-state index in [4.69, 9.17) is 16.7 Å². The highest BCUT2D eigenvalue weighted by Crippen LogP contribution is 2.30. The molecule has 0 heterocycles. The molecule has 1 aromatic rings. The highest BCUT2D eigenvalue weighted by molar-refractivity contribution is 6.31. The van der Waals surface area contributed by atoms with E-state index in [1.807, 2.05) is 0 Å². The third kappa shape index (κ3) is 3.67. The zero-order valence-corrected chi connectivity index (χ0v) is 10.9. The van der Waals surface area contributed by atoms with Gasteiger partial charge in [0.15, 0.2) is 0 Å². The number of nitrogens with zero attached hydrogens (tertiary/aromatic N) is 1. The van der Waals surface area contributed by atoms with Gasteiger partial charge < -0.3 is 10.0 Å². The van der Waals surface area contributed by atoms with Crippen LogP contribution in [0.25, 0.3) is 0 Å². The Kier molecular flexibility index (Phi) is 4.04. The van der Waals surface area contributed by atoms with Crippen molar-refractivity contribution < 1.29 is 19.1 Å². The number of rotatable bonds is 5. The van der Waals surface area contributed by atoms with E-state index in [0.29, 0.717) is 12.5 Å². The predicted molar refractivity (Wildman–Crippen MR) is 67.7 cm³/mol. The first kappa shape index (κ1) is 13.8. The quantitative estimate of drug-likeness (QED) is 0.904. The molecule has 19 heavy (non-hydrogen) atoms. The second-order valence-electron chi connectivity index (χ2n) is 4.65. The molecule has 1 saturated carbocycles. The summed E-state index contributed by atoms with van der Waals surface area (Å²) >= 11 is 5.74. The average Bonchev–Trinajstić information content (AvgIpc) is 3.14. The molecule has 102 valence electrons. The summed E-state index contributed by atoms with van der Waals surface area (Å²) in [7, 11) is 0. The normalized spacial score (nSPS) is 14.2. The Hall–Kier alpha value is -1.62. The molecule has 1 amide bonds. The number of benzene rings is 1. The highest BCUT2D eigenvalue weighted by Gasteiger charge is 2.29. The molecule has 4 nitrogen and oxygen atoms in total. The van der Waals surface area contributed by atoms with Gasteiger partial charge in [-0.1, -0.05) is 11.6 Å². The smallest absolute Gasteiger partial charge is 0.323 e. The van der Waals surface area contributed by atoms with Crippen molar-refractivity contribution in [1.82, 2.24) is 4.90 Å². The SMILES string of the molecule is O=C(O)CN(CC1CC1)C(=O)c1cc(Cl)ccc1F. The van der Waals surface area contributed by atoms with Gasteiger partial charge in [-0.05, 0) is 37.0 Å². The number of carbonyl (C=O) groups excluding carboxylic acids is 1. The van der Waals surface area contributed by atoms with Crippen LogP contribution < -0.4 is 0 Å². The van der Waals surface area contributed by atoms with E-state index in [2.05, 4.69) is 0 Å². The van der Waals surface area contributed by atoms with Gasteiger partial charge in [0.2, 0.25) is 0 Å². The van der Waals surface area contributed by atoms with Gasteiger partial charge in [-0.3, -0.25) is 9.59 Å². The van der Waals surface area contributed by atoms with E-state index in [1.165, 1.54) is 12.1 Å². The standard InChI is InChI=1S/C13H13ClFNO3/c14-9-3-4-11(15)10(5-9)13(19)16(7-12(17)18)6-8-1-2-8/h3-5,8H,1-2,6-7H2,(H,17,18). The van der Waals surface area contributed by atoms with Crippen molar-refractivity contribution in [3.63, 3.8) is 0 Å². The second kappa shape index (κ2) is 5.57. The van der Waals surface area contributed by atoms with Crippen molar-refractivity contribution >= 4 is 23.5 Å². The summed E-state index contributed by atoms with van der Waals surface area (Å²) in [4.78, 5) is 24.1. The maximum Gasteiger partial charge on any atom is 0.323 e. The van der Waals surface area contributed by atoms with Crippen LogP contribution in [0.3, 0.4) is 0 Å². The molecule has 0 radical (unpaired) electrons. The molecule has 1 aliphatic rings. The molecule has 0 unspecified atom stereocenters. The third-order valence-electron chi connectivity index (χ3n) is 2.95. The van der Waals surface area contributed by atoms with Crippen LogP contribution in [0.15, 0.2) is 18.2 Å². The first-order valence-corrected chi connectivity index (χ1v) is 6.31. The number of hydrogen-bond acceptors (Lipinski definition) is 2. The molecule has 2 rings (SSSR count).